The van der Waals surface area contributed by atoms with Gasteiger partial charge in [-0.05, 0) is 60.8 Å². The van der Waals surface area contributed by atoms with E-state index in [1.54, 1.807) is 0 Å². The van der Waals surface area contributed by atoms with Gasteiger partial charge in [0.25, 0.3) is 5.91 Å². The molecule has 0 saturated heterocycles. The number of hydrogen-bond donors (Lipinski definition) is 1. The molecule has 1 aromatic heterocycles. The third-order valence-corrected chi connectivity index (χ3v) is 9.71. The summed E-state index contributed by atoms with van der Waals surface area (Å²) in [5.74, 6) is -0.889. The molecule has 36 heavy (non-hydrogen) atoms. The lowest BCUT2D eigenvalue weighted by molar-refractivity contribution is 0.0600. The topological polar surface area (TPSA) is 96.0 Å². The van der Waals surface area contributed by atoms with Crippen LogP contribution in [-0.4, -0.2) is 56.7 Å². The highest BCUT2D eigenvalue weighted by Crippen LogP contribution is 2.37. The summed E-state index contributed by atoms with van der Waals surface area (Å²) >= 11 is 1.38. The van der Waals surface area contributed by atoms with Crippen LogP contribution in [0.15, 0.2) is 53.4 Å². The highest BCUT2D eigenvalue weighted by Gasteiger charge is 2.30. The van der Waals surface area contributed by atoms with Crippen LogP contribution in [0.1, 0.15) is 42.3 Å². The summed E-state index contributed by atoms with van der Waals surface area (Å²) in [6.45, 7) is 2.26. The summed E-state index contributed by atoms with van der Waals surface area (Å²) in [7, 11) is -0.360. The zero-order valence-corrected chi connectivity index (χ0v) is 21.7. The van der Waals surface area contributed by atoms with Crippen LogP contribution in [0.25, 0.3) is 0 Å². The predicted molar refractivity (Wildman–Crippen MR) is 138 cm³/mol. The lowest BCUT2D eigenvalue weighted by Gasteiger charge is -2.28. The van der Waals surface area contributed by atoms with Gasteiger partial charge in [0, 0.05) is 36.6 Å². The molecular weight excluding hydrogens is 498 g/mol. The molecule has 5 rings (SSSR count). The highest BCUT2D eigenvalue weighted by molar-refractivity contribution is 7.89. The minimum atomic E-state index is -3.70. The average molecular weight is 526 g/mol. The van der Waals surface area contributed by atoms with Gasteiger partial charge in [-0.3, -0.25) is 4.79 Å². The smallest absolute Gasteiger partial charge is 0.341 e. The molecule has 1 N–H and O–H groups in total. The Labute approximate surface area is 214 Å². The fourth-order valence-corrected chi connectivity index (χ4v) is 7.44. The molecule has 10 heteroatoms. The number of methoxy groups -OCH3 is 1. The highest BCUT2D eigenvalue weighted by atomic mass is 32.2. The van der Waals surface area contributed by atoms with E-state index in [4.69, 9.17) is 4.74 Å². The quantitative estimate of drug-likeness (QED) is 0.512. The van der Waals surface area contributed by atoms with Crippen LogP contribution in [-0.2, 0) is 40.7 Å². The Hall–Kier alpha value is -3.05. The Morgan fingerprint density at radius 3 is 2.42 bits per heavy atom. The van der Waals surface area contributed by atoms with Gasteiger partial charge in [-0.2, -0.15) is 4.31 Å². The second-order valence-electron chi connectivity index (χ2n) is 9.02. The Morgan fingerprint density at radius 2 is 1.69 bits per heavy atom. The van der Waals surface area contributed by atoms with Gasteiger partial charge >= 0.3 is 5.97 Å². The SMILES string of the molecule is COC(=O)c1c(NC(=O)c2ccc(S(=O)(=O)N3CCc4ccccc4C3)cc2)sc2c1CCN(C)C2. The number of rotatable bonds is 5. The lowest BCUT2D eigenvalue weighted by atomic mass is 10.0. The van der Waals surface area contributed by atoms with E-state index in [0.29, 0.717) is 48.6 Å². The fourth-order valence-electron chi connectivity index (χ4n) is 4.71. The van der Waals surface area contributed by atoms with Crippen LogP contribution in [0.3, 0.4) is 0 Å². The number of nitrogens with one attached hydrogen (secondary N) is 1. The van der Waals surface area contributed by atoms with E-state index in [1.165, 1.54) is 52.6 Å². The molecule has 188 valence electrons. The van der Waals surface area contributed by atoms with Crippen molar-refractivity contribution in [2.24, 2.45) is 0 Å². The maximum Gasteiger partial charge on any atom is 0.341 e. The first-order valence-corrected chi connectivity index (χ1v) is 13.9. The van der Waals surface area contributed by atoms with E-state index in [-0.39, 0.29) is 4.90 Å². The van der Waals surface area contributed by atoms with Crippen LogP contribution < -0.4 is 5.32 Å². The first-order chi connectivity index (χ1) is 17.3. The van der Waals surface area contributed by atoms with E-state index >= 15 is 0 Å². The molecule has 1 amide bonds. The van der Waals surface area contributed by atoms with Gasteiger partial charge in [0.2, 0.25) is 10.0 Å². The average Bonchev–Trinajstić information content (AvgIpc) is 3.24. The molecule has 0 aliphatic carbocycles. The number of nitrogens with zero attached hydrogens (tertiary/aromatic N) is 2. The standard InChI is InChI=1S/C26H27N3O5S2/c1-28-13-12-21-22(16-28)35-25(23(21)26(31)34-2)27-24(30)18-7-9-20(10-8-18)36(32,33)29-14-11-17-5-3-4-6-19(17)15-29/h3-10H,11-16H2,1-2H3,(H,27,30). The van der Waals surface area contributed by atoms with Crippen LogP contribution >= 0.6 is 11.3 Å². The normalized spacial score (nSPS) is 16.2. The molecule has 2 aliphatic rings. The van der Waals surface area contributed by atoms with Gasteiger partial charge in [0.05, 0.1) is 17.6 Å². The number of ether oxygens (including phenoxy) is 1. The zero-order chi connectivity index (χ0) is 25.4. The van der Waals surface area contributed by atoms with Crippen molar-refractivity contribution >= 4 is 38.2 Å². The van der Waals surface area contributed by atoms with Crippen molar-refractivity contribution in [2.45, 2.75) is 30.8 Å². The van der Waals surface area contributed by atoms with E-state index in [2.05, 4.69) is 10.2 Å². The first kappa shape index (κ1) is 24.6. The Kier molecular flexibility index (Phi) is 6.69. The van der Waals surface area contributed by atoms with E-state index < -0.39 is 21.9 Å². The first-order valence-electron chi connectivity index (χ1n) is 11.7. The number of esters is 1. The van der Waals surface area contributed by atoms with Crippen molar-refractivity contribution in [1.29, 1.82) is 0 Å². The Bertz CT molecular complexity index is 1430. The monoisotopic (exact) mass is 525 g/mol. The minimum Gasteiger partial charge on any atom is -0.465 e. The molecule has 2 aliphatic heterocycles. The number of hydrogen-bond acceptors (Lipinski definition) is 7. The molecule has 0 bridgehead atoms. The minimum absolute atomic E-state index is 0.142. The molecule has 2 aromatic carbocycles. The van der Waals surface area contributed by atoms with Crippen molar-refractivity contribution < 1.29 is 22.7 Å². The summed E-state index contributed by atoms with van der Waals surface area (Å²) in [4.78, 5) is 28.9. The number of sulfonamides is 1. The lowest BCUT2D eigenvalue weighted by Crippen LogP contribution is -2.35. The molecule has 0 fully saturated rings. The molecule has 0 radical (unpaired) electrons. The number of benzene rings is 2. The van der Waals surface area contributed by atoms with Crippen LogP contribution in [0.4, 0.5) is 5.00 Å². The largest absolute Gasteiger partial charge is 0.465 e. The van der Waals surface area contributed by atoms with Crippen molar-refractivity contribution in [3.8, 4) is 0 Å². The molecular formula is C26H27N3O5S2. The molecule has 0 saturated carbocycles. The maximum atomic E-state index is 13.2. The number of carbonyl (C=O) groups excluding carboxylic acids is 2. The Balaban J connectivity index is 1.35. The molecule has 8 nitrogen and oxygen atoms in total. The zero-order valence-electron chi connectivity index (χ0n) is 20.1. The van der Waals surface area contributed by atoms with Gasteiger partial charge in [-0.15, -0.1) is 11.3 Å². The molecule has 0 atom stereocenters. The Morgan fingerprint density at radius 1 is 0.972 bits per heavy atom. The molecule has 0 unspecified atom stereocenters. The second kappa shape index (κ2) is 9.78. The van der Waals surface area contributed by atoms with Crippen molar-refractivity contribution in [3.63, 3.8) is 0 Å². The number of anilines is 1. The predicted octanol–water partition coefficient (Wildman–Crippen LogP) is 3.52. The van der Waals surface area contributed by atoms with E-state index in [9.17, 15) is 18.0 Å². The number of amides is 1. The molecule has 3 aromatic rings. The second-order valence-corrected chi connectivity index (χ2v) is 12.1. The van der Waals surface area contributed by atoms with Crippen molar-refractivity contribution in [2.75, 3.05) is 32.6 Å². The maximum absolute atomic E-state index is 13.2. The number of fused-ring (bicyclic) bond motifs is 2. The van der Waals surface area contributed by atoms with E-state index in [0.717, 1.165) is 22.5 Å². The summed E-state index contributed by atoms with van der Waals surface area (Å²) in [5, 5.41) is 3.30. The van der Waals surface area contributed by atoms with Gasteiger partial charge < -0.3 is 15.0 Å². The van der Waals surface area contributed by atoms with Crippen LogP contribution in [0, 0.1) is 0 Å². The summed E-state index contributed by atoms with van der Waals surface area (Å²) in [5.41, 5.74) is 3.81. The van der Waals surface area contributed by atoms with E-state index in [1.807, 2.05) is 31.3 Å². The summed E-state index contributed by atoms with van der Waals surface area (Å²) in [6, 6.07) is 13.8. The van der Waals surface area contributed by atoms with Gasteiger partial charge in [-0.25, -0.2) is 13.2 Å². The van der Waals surface area contributed by atoms with Crippen LogP contribution in [0.2, 0.25) is 0 Å². The number of carbonyl (C=O) groups is 2. The summed E-state index contributed by atoms with van der Waals surface area (Å²) in [6.07, 6.45) is 1.37. The van der Waals surface area contributed by atoms with Gasteiger partial charge in [0.15, 0.2) is 0 Å². The van der Waals surface area contributed by atoms with Crippen molar-refractivity contribution in [1.82, 2.24) is 9.21 Å². The fraction of sp³-hybridized carbons (Fsp3) is 0.308. The number of thiophene rings is 1. The number of likely N-dealkylation sites (N-methyl/N-ethyl adjacent to an activating group) is 1. The molecule has 0 spiro atoms. The van der Waals surface area contributed by atoms with Gasteiger partial charge in [0.1, 0.15) is 5.00 Å². The summed E-state index contributed by atoms with van der Waals surface area (Å²) < 4.78 is 32.9. The molecule has 3 heterocycles. The van der Waals surface area contributed by atoms with Crippen molar-refractivity contribution in [3.05, 3.63) is 81.2 Å². The van der Waals surface area contributed by atoms with Crippen LogP contribution in [0.5, 0.6) is 0 Å². The third kappa shape index (κ3) is 4.57. The van der Waals surface area contributed by atoms with Gasteiger partial charge in [-0.1, -0.05) is 24.3 Å². The third-order valence-electron chi connectivity index (χ3n) is 6.71.